The minimum absolute atomic E-state index is 0.312. The zero-order valence-electron chi connectivity index (χ0n) is 10.6. The summed E-state index contributed by atoms with van der Waals surface area (Å²) in [7, 11) is 0. The van der Waals surface area contributed by atoms with E-state index in [0.717, 1.165) is 35.1 Å². The molecule has 0 saturated carbocycles. The highest BCUT2D eigenvalue weighted by Gasteiger charge is 2.22. The smallest absolute Gasteiger partial charge is 0.245 e. The van der Waals surface area contributed by atoms with Crippen molar-refractivity contribution in [3.8, 4) is 0 Å². The average Bonchev–Trinajstić information content (AvgIpc) is 2.46. The number of carbonyl (C=O) groups is 1. The van der Waals surface area contributed by atoms with Crippen LogP contribution in [0.2, 0.25) is 0 Å². The predicted molar refractivity (Wildman–Crippen MR) is 76.4 cm³/mol. The lowest BCUT2D eigenvalue weighted by Crippen LogP contribution is -2.19. The van der Waals surface area contributed by atoms with Gasteiger partial charge in [-0.3, -0.25) is 4.79 Å². The van der Waals surface area contributed by atoms with E-state index in [1.165, 1.54) is 5.56 Å². The van der Waals surface area contributed by atoms with Crippen molar-refractivity contribution >= 4 is 11.5 Å². The van der Waals surface area contributed by atoms with Crippen molar-refractivity contribution in [1.29, 1.82) is 0 Å². The maximum atomic E-state index is 11.7. The third-order valence-corrected chi connectivity index (χ3v) is 3.59. The van der Waals surface area contributed by atoms with Crippen LogP contribution in [0.1, 0.15) is 23.1 Å². The van der Waals surface area contributed by atoms with Crippen LogP contribution in [0.15, 0.2) is 60.2 Å². The monoisotopic (exact) mass is 249 g/mol. The van der Waals surface area contributed by atoms with Crippen LogP contribution in [0.4, 0.5) is 0 Å². The lowest BCUT2D eigenvalue weighted by atomic mass is 9.82. The Labute approximate surface area is 112 Å². The predicted octanol–water partition coefficient (Wildman–Crippen LogP) is 2.92. The number of amides is 1. The first-order valence-corrected chi connectivity index (χ1v) is 6.44. The summed E-state index contributed by atoms with van der Waals surface area (Å²) >= 11 is 0. The number of hydrogen-bond donors (Lipinski definition) is 1. The Bertz CT molecular complexity index is 656. The topological polar surface area (TPSA) is 43.1 Å². The number of rotatable bonds is 2. The number of fused-ring (bicyclic) bond motifs is 1. The summed E-state index contributed by atoms with van der Waals surface area (Å²) in [5, 5.41) is 0. The van der Waals surface area contributed by atoms with Crippen LogP contribution in [0.25, 0.3) is 5.57 Å². The van der Waals surface area contributed by atoms with Crippen molar-refractivity contribution in [2.45, 2.75) is 12.8 Å². The fraction of sp³-hybridized carbons (Fsp3) is 0.118. The Balaban J connectivity index is 2.27. The van der Waals surface area contributed by atoms with Crippen LogP contribution in [-0.2, 0) is 11.2 Å². The lowest BCUT2D eigenvalue weighted by molar-refractivity contribution is -0.114. The number of carbonyl (C=O) groups excluding carboxylic acids is 1. The van der Waals surface area contributed by atoms with Gasteiger partial charge in [-0.1, -0.05) is 54.6 Å². The van der Waals surface area contributed by atoms with E-state index in [0.29, 0.717) is 0 Å². The number of aryl methyl sites for hydroxylation is 1. The van der Waals surface area contributed by atoms with Crippen LogP contribution < -0.4 is 5.73 Å². The number of primary amides is 1. The van der Waals surface area contributed by atoms with E-state index >= 15 is 0 Å². The Morgan fingerprint density at radius 1 is 0.895 bits per heavy atom. The van der Waals surface area contributed by atoms with Crippen molar-refractivity contribution < 1.29 is 4.79 Å². The van der Waals surface area contributed by atoms with Gasteiger partial charge in [-0.25, -0.2) is 0 Å². The standard InChI is InChI=1S/C17H15NO/c18-17(19)15-11-10-12-6-4-5-9-14(12)16(15)13-7-2-1-3-8-13/h1-9H,10-11H2,(H2,18,19). The molecule has 2 aromatic carbocycles. The van der Waals surface area contributed by atoms with Crippen LogP contribution in [-0.4, -0.2) is 5.91 Å². The van der Waals surface area contributed by atoms with E-state index in [1.807, 2.05) is 42.5 Å². The zero-order chi connectivity index (χ0) is 13.2. The average molecular weight is 249 g/mol. The van der Waals surface area contributed by atoms with Gasteiger partial charge in [0, 0.05) is 5.57 Å². The van der Waals surface area contributed by atoms with Gasteiger partial charge >= 0.3 is 0 Å². The molecule has 19 heavy (non-hydrogen) atoms. The second-order valence-corrected chi connectivity index (χ2v) is 4.74. The van der Waals surface area contributed by atoms with Gasteiger partial charge in [0.05, 0.1) is 0 Å². The van der Waals surface area contributed by atoms with E-state index in [9.17, 15) is 4.79 Å². The van der Waals surface area contributed by atoms with Crippen LogP contribution >= 0.6 is 0 Å². The summed E-state index contributed by atoms with van der Waals surface area (Å²) in [6.07, 6.45) is 1.60. The first kappa shape index (κ1) is 11.7. The summed E-state index contributed by atoms with van der Waals surface area (Å²) in [6.45, 7) is 0. The molecule has 2 heteroatoms. The molecule has 0 atom stereocenters. The van der Waals surface area contributed by atoms with Gasteiger partial charge in [-0.2, -0.15) is 0 Å². The van der Waals surface area contributed by atoms with Gasteiger partial charge < -0.3 is 5.73 Å². The largest absolute Gasteiger partial charge is 0.366 e. The molecule has 94 valence electrons. The van der Waals surface area contributed by atoms with Crippen molar-refractivity contribution in [2.75, 3.05) is 0 Å². The minimum atomic E-state index is -0.312. The molecule has 2 nitrogen and oxygen atoms in total. The number of benzene rings is 2. The Morgan fingerprint density at radius 2 is 1.58 bits per heavy atom. The van der Waals surface area contributed by atoms with Gasteiger partial charge in [0.25, 0.3) is 0 Å². The molecule has 3 rings (SSSR count). The molecule has 2 N–H and O–H groups in total. The molecule has 0 heterocycles. The Morgan fingerprint density at radius 3 is 2.32 bits per heavy atom. The molecule has 0 aliphatic heterocycles. The first-order chi connectivity index (χ1) is 9.27. The van der Waals surface area contributed by atoms with E-state index in [-0.39, 0.29) is 5.91 Å². The van der Waals surface area contributed by atoms with E-state index in [4.69, 9.17) is 5.73 Å². The second-order valence-electron chi connectivity index (χ2n) is 4.74. The maximum Gasteiger partial charge on any atom is 0.245 e. The highest BCUT2D eigenvalue weighted by molar-refractivity contribution is 6.04. The fourth-order valence-corrected chi connectivity index (χ4v) is 2.71. The third kappa shape index (κ3) is 2.06. The van der Waals surface area contributed by atoms with Crippen molar-refractivity contribution in [3.63, 3.8) is 0 Å². The summed E-state index contributed by atoms with van der Waals surface area (Å²) in [5.74, 6) is -0.312. The molecule has 0 unspecified atom stereocenters. The molecule has 2 aromatic rings. The molecule has 0 radical (unpaired) electrons. The molecule has 0 aromatic heterocycles. The van der Waals surface area contributed by atoms with Gasteiger partial charge in [0.15, 0.2) is 0 Å². The van der Waals surface area contributed by atoms with Gasteiger partial charge in [-0.05, 0) is 35.1 Å². The quantitative estimate of drug-likeness (QED) is 0.873. The van der Waals surface area contributed by atoms with E-state index in [2.05, 4.69) is 12.1 Å². The van der Waals surface area contributed by atoms with Crippen molar-refractivity contribution in [2.24, 2.45) is 5.73 Å². The molecule has 0 spiro atoms. The third-order valence-electron chi connectivity index (χ3n) is 3.59. The summed E-state index contributed by atoms with van der Waals surface area (Å²) in [6, 6.07) is 18.2. The molecule has 1 aliphatic carbocycles. The summed E-state index contributed by atoms with van der Waals surface area (Å²) in [4.78, 5) is 11.7. The molecule has 0 saturated heterocycles. The molecule has 0 fully saturated rings. The Kier molecular flexibility index (Phi) is 2.92. The summed E-state index contributed by atoms with van der Waals surface area (Å²) < 4.78 is 0. The molecule has 1 amide bonds. The highest BCUT2D eigenvalue weighted by atomic mass is 16.1. The van der Waals surface area contributed by atoms with Crippen LogP contribution in [0.3, 0.4) is 0 Å². The van der Waals surface area contributed by atoms with E-state index < -0.39 is 0 Å². The fourth-order valence-electron chi connectivity index (χ4n) is 2.71. The Hall–Kier alpha value is -2.35. The number of hydrogen-bond acceptors (Lipinski definition) is 1. The normalized spacial score (nSPS) is 14.1. The second kappa shape index (κ2) is 4.73. The van der Waals surface area contributed by atoms with Crippen molar-refractivity contribution in [3.05, 3.63) is 76.9 Å². The van der Waals surface area contributed by atoms with Gasteiger partial charge in [0.1, 0.15) is 0 Å². The zero-order valence-corrected chi connectivity index (χ0v) is 10.6. The van der Waals surface area contributed by atoms with Crippen LogP contribution in [0.5, 0.6) is 0 Å². The van der Waals surface area contributed by atoms with Crippen LogP contribution in [0, 0.1) is 0 Å². The molecule has 0 bridgehead atoms. The SMILES string of the molecule is NC(=O)C1=C(c2ccccc2)c2ccccc2CC1. The summed E-state index contributed by atoms with van der Waals surface area (Å²) in [5.41, 5.74) is 10.8. The molecular weight excluding hydrogens is 234 g/mol. The first-order valence-electron chi connectivity index (χ1n) is 6.44. The maximum absolute atomic E-state index is 11.7. The molecule has 1 aliphatic rings. The minimum Gasteiger partial charge on any atom is -0.366 e. The van der Waals surface area contributed by atoms with Gasteiger partial charge in [0.2, 0.25) is 5.91 Å². The highest BCUT2D eigenvalue weighted by Crippen LogP contribution is 2.35. The molecular formula is C17H15NO. The lowest BCUT2D eigenvalue weighted by Gasteiger charge is -2.22. The number of nitrogens with two attached hydrogens (primary N) is 1. The van der Waals surface area contributed by atoms with Gasteiger partial charge in [-0.15, -0.1) is 0 Å². The van der Waals surface area contributed by atoms with E-state index in [1.54, 1.807) is 0 Å². The van der Waals surface area contributed by atoms with Crippen molar-refractivity contribution in [1.82, 2.24) is 0 Å².